The lowest BCUT2D eigenvalue weighted by atomic mass is 9.73. The van der Waals surface area contributed by atoms with Crippen LogP contribution in [0, 0.1) is 5.82 Å². The standard InChI is InChI=1S/C53H31FN2/c54-34-20-23-35(24-21-34)56-49-18-6-4-12-41(49)42-28-26-38(31-50(42)56)55(36-22-19-32-9-1-2-10-33(32)29-36)37-25-27-40-44-14-8-16-46-45-15-7-13-43-39-11-3-5-17-47(39)53(51(43)45,52(44)46)48(40)30-37/h1-31H. The SMILES string of the molecule is Fc1ccc(-n2c3ccccc3c3ccc(N(c4ccc5c(c4)C46c7ccccc7-c7cccc(c74)-c4cccc-5c46)c4ccc5ccccc5c4)cc32)cc1. The number of hydrogen-bond donors (Lipinski definition) is 0. The van der Waals surface area contributed by atoms with Gasteiger partial charge < -0.3 is 9.47 Å². The minimum Gasteiger partial charge on any atom is -0.310 e. The molecule has 56 heavy (non-hydrogen) atoms. The molecule has 0 saturated heterocycles. The molecule has 3 aliphatic rings. The highest BCUT2D eigenvalue weighted by molar-refractivity contribution is 6.11. The first-order valence-corrected chi connectivity index (χ1v) is 19.3. The van der Waals surface area contributed by atoms with Gasteiger partial charge in [-0.05, 0) is 133 Å². The molecule has 0 N–H and O–H groups in total. The second kappa shape index (κ2) is 10.7. The Morgan fingerprint density at radius 1 is 0.393 bits per heavy atom. The zero-order chi connectivity index (χ0) is 36.7. The summed E-state index contributed by atoms with van der Waals surface area (Å²) >= 11 is 0. The Labute approximate surface area is 323 Å². The topological polar surface area (TPSA) is 8.17 Å². The fourth-order valence-corrected chi connectivity index (χ4v) is 10.6. The largest absolute Gasteiger partial charge is 0.310 e. The summed E-state index contributed by atoms with van der Waals surface area (Å²) in [4.78, 5) is 2.42. The van der Waals surface area contributed by atoms with Crippen LogP contribution in [0.3, 0.4) is 0 Å². The molecule has 2 nitrogen and oxygen atoms in total. The molecule has 0 saturated carbocycles. The number of fused-ring (bicyclic) bond motifs is 9. The summed E-state index contributed by atoms with van der Waals surface area (Å²) < 4.78 is 16.5. The lowest BCUT2D eigenvalue weighted by Crippen LogP contribution is -2.23. The van der Waals surface area contributed by atoms with E-state index in [4.69, 9.17) is 0 Å². The van der Waals surface area contributed by atoms with E-state index in [1.165, 1.54) is 66.4 Å². The summed E-state index contributed by atoms with van der Waals surface area (Å²) in [6, 6.07) is 67.4. The van der Waals surface area contributed by atoms with Gasteiger partial charge >= 0.3 is 0 Å². The number of hydrogen-bond acceptors (Lipinski definition) is 1. The highest BCUT2D eigenvalue weighted by Gasteiger charge is 2.57. The van der Waals surface area contributed by atoms with Crippen LogP contribution in [0.2, 0.25) is 0 Å². The van der Waals surface area contributed by atoms with E-state index in [9.17, 15) is 4.39 Å². The third kappa shape index (κ3) is 3.70. The summed E-state index contributed by atoms with van der Waals surface area (Å²) in [7, 11) is 0. The Kier molecular flexibility index (Phi) is 5.76. The molecule has 1 spiro atoms. The zero-order valence-corrected chi connectivity index (χ0v) is 30.2. The predicted octanol–water partition coefficient (Wildman–Crippen LogP) is 13.9. The van der Waals surface area contributed by atoms with Crippen molar-refractivity contribution in [2.45, 2.75) is 5.41 Å². The summed E-state index contributed by atoms with van der Waals surface area (Å²) in [6.45, 7) is 0. The van der Waals surface area contributed by atoms with Crippen molar-refractivity contribution in [2.24, 2.45) is 0 Å². The maximum Gasteiger partial charge on any atom is 0.123 e. The fourth-order valence-electron chi connectivity index (χ4n) is 10.6. The number of benzene rings is 9. The molecule has 0 bridgehead atoms. The van der Waals surface area contributed by atoms with Gasteiger partial charge in [0, 0.05) is 33.5 Å². The van der Waals surface area contributed by atoms with Gasteiger partial charge in [-0.1, -0.05) is 121 Å². The molecule has 3 aliphatic carbocycles. The normalized spacial score (nSPS) is 15.3. The minimum absolute atomic E-state index is 0.245. The van der Waals surface area contributed by atoms with Crippen LogP contribution in [0.15, 0.2) is 188 Å². The van der Waals surface area contributed by atoms with Crippen molar-refractivity contribution < 1.29 is 4.39 Å². The Hall–Kier alpha value is -7.23. The maximum absolute atomic E-state index is 14.3. The monoisotopic (exact) mass is 714 g/mol. The number of anilines is 3. The van der Waals surface area contributed by atoms with Crippen molar-refractivity contribution in [3.8, 4) is 39.1 Å². The van der Waals surface area contributed by atoms with Gasteiger partial charge in [0.15, 0.2) is 0 Å². The van der Waals surface area contributed by atoms with Crippen LogP contribution < -0.4 is 4.90 Å². The van der Waals surface area contributed by atoms with E-state index < -0.39 is 0 Å². The molecule has 13 rings (SSSR count). The maximum atomic E-state index is 14.3. The Balaban J connectivity index is 1.10. The van der Waals surface area contributed by atoms with Crippen molar-refractivity contribution in [1.82, 2.24) is 4.57 Å². The van der Waals surface area contributed by atoms with E-state index in [-0.39, 0.29) is 11.2 Å². The molecule has 3 heteroatoms. The zero-order valence-electron chi connectivity index (χ0n) is 30.2. The molecular weight excluding hydrogens is 684 g/mol. The average Bonchev–Trinajstić information content (AvgIpc) is 3.94. The van der Waals surface area contributed by atoms with Crippen LogP contribution in [0.5, 0.6) is 0 Å². The van der Waals surface area contributed by atoms with Crippen LogP contribution in [0.4, 0.5) is 21.5 Å². The molecular formula is C53H31FN2. The molecule has 0 fully saturated rings. The fraction of sp³-hybridized carbons (Fsp3) is 0.0189. The van der Waals surface area contributed by atoms with E-state index >= 15 is 0 Å². The van der Waals surface area contributed by atoms with Gasteiger partial charge in [0.2, 0.25) is 0 Å². The molecule has 260 valence electrons. The van der Waals surface area contributed by atoms with Crippen molar-refractivity contribution in [3.63, 3.8) is 0 Å². The van der Waals surface area contributed by atoms with E-state index in [0.29, 0.717) is 0 Å². The second-order valence-corrected chi connectivity index (χ2v) is 15.4. The first-order valence-electron chi connectivity index (χ1n) is 19.3. The molecule has 1 heterocycles. The van der Waals surface area contributed by atoms with E-state index in [2.05, 4.69) is 173 Å². The van der Waals surface area contributed by atoms with Gasteiger partial charge in [-0.15, -0.1) is 0 Å². The molecule has 1 atom stereocenters. The first-order chi connectivity index (χ1) is 27.7. The van der Waals surface area contributed by atoms with Crippen molar-refractivity contribution in [2.75, 3.05) is 4.90 Å². The van der Waals surface area contributed by atoms with Crippen LogP contribution in [-0.2, 0) is 5.41 Å². The lowest BCUT2D eigenvalue weighted by molar-refractivity contribution is 0.627. The third-order valence-electron chi connectivity index (χ3n) is 12.7. The Bertz CT molecular complexity index is 3300. The smallest absolute Gasteiger partial charge is 0.123 e. The van der Waals surface area contributed by atoms with Gasteiger partial charge in [-0.3, -0.25) is 0 Å². The molecule has 0 aliphatic heterocycles. The minimum atomic E-state index is -0.381. The van der Waals surface area contributed by atoms with Gasteiger partial charge in [-0.25, -0.2) is 4.39 Å². The Morgan fingerprint density at radius 3 is 1.77 bits per heavy atom. The van der Waals surface area contributed by atoms with E-state index in [1.807, 2.05) is 12.1 Å². The molecule has 9 aromatic carbocycles. The molecule has 0 amide bonds. The van der Waals surface area contributed by atoms with E-state index in [0.717, 1.165) is 44.6 Å². The summed E-state index contributed by atoms with van der Waals surface area (Å²) in [5.41, 5.74) is 19.4. The summed E-state index contributed by atoms with van der Waals surface area (Å²) in [6.07, 6.45) is 0. The van der Waals surface area contributed by atoms with Crippen molar-refractivity contribution in [3.05, 3.63) is 216 Å². The van der Waals surface area contributed by atoms with Crippen LogP contribution >= 0.6 is 0 Å². The number of para-hydroxylation sites is 1. The predicted molar refractivity (Wildman–Crippen MR) is 228 cm³/mol. The number of nitrogens with zero attached hydrogens (tertiary/aromatic N) is 2. The molecule has 0 radical (unpaired) electrons. The molecule has 1 aromatic heterocycles. The number of rotatable bonds is 4. The van der Waals surface area contributed by atoms with E-state index in [1.54, 1.807) is 12.1 Å². The highest BCUT2D eigenvalue weighted by Crippen LogP contribution is 2.70. The Morgan fingerprint density at radius 2 is 0.964 bits per heavy atom. The van der Waals surface area contributed by atoms with Gasteiger partial charge in [-0.2, -0.15) is 0 Å². The number of halogens is 1. The number of aromatic nitrogens is 1. The quantitative estimate of drug-likeness (QED) is 0.176. The van der Waals surface area contributed by atoms with Gasteiger partial charge in [0.25, 0.3) is 0 Å². The van der Waals surface area contributed by atoms with Crippen LogP contribution in [0.1, 0.15) is 22.3 Å². The third-order valence-corrected chi connectivity index (χ3v) is 12.7. The van der Waals surface area contributed by atoms with Crippen molar-refractivity contribution in [1.29, 1.82) is 0 Å². The van der Waals surface area contributed by atoms with Crippen LogP contribution in [-0.4, -0.2) is 4.57 Å². The van der Waals surface area contributed by atoms with Gasteiger partial charge in [0.1, 0.15) is 5.82 Å². The summed E-state index contributed by atoms with van der Waals surface area (Å²) in [5.74, 6) is -0.245. The lowest BCUT2D eigenvalue weighted by Gasteiger charge is -2.30. The highest BCUT2D eigenvalue weighted by atomic mass is 19.1. The first kappa shape index (κ1) is 30.1. The molecule has 1 unspecified atom stereocenters. The second-order valence-electron chi connectivity index (χ2n) is 15.4. The van der Waals surface area contributed by atoms with Gasteiger partial charge in [0.05, 0.1) is 16.4 Å². The van der Waals surface area contributed by atoms with Crippen molar-refractivity contribution >= 4 is 49.6 Å². The average molecular weight is 715 g/mol. The van der Waals surface area contributed by atoms with Crippen LogP contribution in [0.25, 0.3) is 71.6 Å². The summed E-state index contributed by atoms with van der Waals surface area (Å²) in [5, 5.41) is 4.71. The molecule has 10 aromatic rings.